The summed E-state index contributed by atoms with van der Waals surface area (Å²) in [6.07, 6.45) is 1.49. The lowest BCUT2D eigenvalue weighted by molar-refractivity contribution is 0.867. The molecule has 0 amide bonds. The number of nitrogens with one attached hydrogen (secondary N) is 2. The lowest BCUT2D eigenvalue weighted by atomic mass is 10.1. The third-order valence-corrected chi connectivity index (χ3v) is 3.15. The highest BCUT2D eigenvalue weighted by atomic mass is 15.3. The molecule has 1 heterocycles. The van der Waals surface area contributed by atoms with E-state index in [9.17, 15) is 0 Å². The number of rotatable bonds is 4. The van der Waals surface area contributed by atoms with Crippen LogP contribution in [0.1, 0.15) is 29.7 Å². The van der Waals surface area contributed by atoms with Crippen molar-refractivity contribution in [1.82, 2.24) is 9.97 Å². The first-order chi connectivity index (χ1) is 9.11. The standard InChI is InChI=1S/C14H19N5/c1-9-4-6-12(7-5-9)11(3)18-13-10(2)14(19-15)17-8-16-13/h4-8,11H,15H2,1-3H3,(H2,16,17,18,19). The Morgan fingerprint density at radius 1 is 1.05 bits per heavy atom. The number of anilines is 2. The molecule has 0 aliphatic carbocycles. The van der Waals surface area contributed by atoms with Crippen molar-refractivity contribution in [3.8, 4) is 0 Å². The van der Waals surface area contributed by atoms with Gasteiger partial charge in [-0.2, -0.15) is 0 Å². The molecular weight excluding hydrogens is 238 g/mol. The van der Waals surface area contributed by atoms with Gasteiger partial charge in [0.1, 0.15) is 18.0 Å². The summed E-state index contributed by atoms with van der Waals surface area (Å²) in [6.45, 7) is 6.11. The molecule has 5 nitrogen and oxygen atoms in total. The SMILES string of the molecule is Cc1ccc(C(C)Nc2ncnc(NN)c2C)cc1. The molecule has 4 N–H and O–H groups in total. The average molecular weight is 257 g/mol. The minimum absolute atomic E-state index is 0.167. The zero-order valence-electron chi connectivity index (χ0n) is 11.4. The summed E-state index contributed by atoms with van der Waals surface area (Å²) in [6, 6.07) is 8.61. The molecule has 0 spiro atoms. The van der Waals surface area contributed by atoms with Crippen molar-refractivity contribution in [2.24, 2.45) is 5.84 Å². The Morgan fingerprint density at radius 2 is 1.68 bits per heavy atom. The van der Waals surface area contributed by atoms with E-state index in [0.717, 1.165) is 11.4 Å². The molecule has 0 radical (unpaired) electrons. The maximum Gasteiger partial charge on any atom is 0.148 e. The highest BCUT2D eigenvalue weighted by molar-refractivity contribution is 5.56. The van der Waals surface area contributed by atoms with Gasteiger partial charge in [-0.1, -0.05) is 29.8 Å². The Kier molecular flexibility index (Phi) is 3.97. The molecule has 1 atom stereocenters. The molecule has 0 fully saturated rings. The number of nitrogens with zero attached hydrogens (tertiary/aromatic N) is 2. The molecule has 0 saturated heterocycles. The van der Waals surface area contributed by atoms with Crippen LogP contribution in [0.4, 0.5) is 11.6 Å². The Balaban J connectivity index is 2.19. The largest absolute Gasteiger partial charge is 0.363 e. The lowest BCUT2D eigenvalue weighted by Gasteiger charge is -2.17. The maximum absolute atomic E-state index is 5.41. The van der Waals surface area contributed by atoms with E-state index < -0.39 is 0 Å². The van der Waals surface area contributed by atoms with Crippen LogP contribution < -0.4 is 16.6 Å². The fraction of sp³-hybridized carbons (Fsp3) is 0.286. The van der Waals surface area contributed by atoms with Gasteiger partial charge >= 0.3 is 0 Å². The number of nitrogens with two attached hydrogens (primary N) is 1. The summed E-state index contributed by atoms with van der Waals surface area (Å²) >= 11 is 0. The Labute approximate surface area is 113 Å². The number of hydrazine groups is 1. The van der Waals surface area contributed by atoms with Gasteiger partial charge in [-0.15, -0.1) is 0 Å². The number of aromatic nitrogens is 2. The van der Waals surface area contributed by atoms with Gasteiger partial charge in [0.15, 0.2) is 0 Å². The number of nitrogen functional groups attached to an aromatic ring is 1. The first kappa shape index (κ1) is 13.3. The van der Waals surface area contributed by atoms with Crippen LogP contribution in [0.5, 0.6) is 0 Å². The van der Waals surface area contributed by atoms with E-state index in [0.29, 0.717) is 5.82 Å². The lowest BCUT2D eigenvalue weighted by Crippen LogP contribution is -2.14. The third-order valence-electron chi connectivity index (χ3n) is 3.15. The topological polar surface area (TPSA) is 75.9 Å². The van der Waals surface area contributed by atoms with Crippen molar-refractivity contribution in [2.75, 3.05) is 10.7 Å². The minimum Gasteiger partial charge on any atom is -0.363 e. The first-order valence-corrected chi connectivity index (χ1v) is 6.23. The highest BCUT2D eigenvalue weighted by Gasteiger charge is 2.10. The van der Waals surface area contributed by atoms with Crippen LogP contribution >= 0.6 is 0 Å². The summed E-state index contributed by atoms with van der Waals surface area (Å²) in [5.74, 6) is 6.83. The normalized spacial score (nSPS) is 12.0. The van der Waals surface area contributed by atoms with E-state index >= 15 is 0 Å². The van der Waals surface area contributed by atoms with Gasteiger partial charge < -0.3 is 10.7 Å². The number of aryl methyl sites for hydroxylation is 1. The van der Waals surface area contributed by atoms with Crippen LogP contribution in [0.15, 0.2) is 30.6 Å². The highest BCUT2D eigenvalue weighted by Crippen LogP contribution is 2.23. The van der Waals surface area contributed by atoms with Crippen molar-refractivity contribution in [3.63, 3.8) is 0 Å². The van der Waals surface area contributed by atoms with Crippen LogP contribution in [-0.2, 0) is 0 Å². The van der Waals surface area contributed by atoms with Crippen LogP contribution in [0.25, 0.3) is 0 Å². The van der Waals surface area contributed by atoms with Crippen molar-refractivity contribution < 1.29 is 0 Å². The molecule has 100 valence electrons. The number of hydrogen-bond donors (Lipinski definition) is 3. The second-order valence-electron chi connectivity index (χ2n) is 4.62. The minimum atomic E-state index is 0.167. The summed E-state index contributed by atoms with van der Waals surface area (Å²) in [4.78, 5) is 8.31. The van der Waals surface area contributed by atoms with E-state index in [1.165, 1.54) is 17.5 Å². The zero-order valence-corrected chi connectivity index (χ0v) is 11.4. The fourth-order valence-electron chi connectivity index (χ4n) is 1.88. The van der Waals surface area contributed by atoms with E-state index in [1.54, 1.807) is 0 Å². The monoisotopic (exact) mass is 257 g/mol. The number of hydrogen-bond acceptors (Lipinski definition) is 5. The first-order valence-electron chi connectivity index (χ1n) is 6.23. The van der Waals surface area contributed by atoms with E-state index in [2.05, 4.69) is 58.8 Å². The van der Waals surface area contributed by atoms with Crippen LogP contribution in [-0.4, -0.2) is 9.97 Å². The molecule has 0 aliphatic rings. The van der Waals surface area contributed by atoms with Gasteiger partial charge in [0.25, 0.3) is 0 Å². The van der Waals surface area contributed by atoms with Gasteiger partial charge in [-0.25, -0.2) is 15.8 Å². The molecule has 5 heteroatoms. The maximum atomic E-state index is 5.41. The quantitative estimate of drug-likeness (QED) is 0.579. The van der Waals surface area contributed by atoms with Gasteiger partial charge in [-0.05, 0) is 26.3 Å². The molecule has 0 saturated carbocycles. The van der Waals surface area contributed by atoms with Gasteiger partial charge in [0.2, 0.25) is 0 Å². The summed E-state index contributed by atoms with van der Waals surface area (Å²) in [5.41, 5.74) is 5.94. The average Bonchev–Trinajstić information content (AvgIpc) is 2.42. The molecular formula is C14H19N5. The van der Waals surface area contributed by atoms with Crippen molar-refractivity contribution in [1.29, 1.82) is 0 Å². The predicted molar refractivity (Wildman–Crippen MR) is 77.8 cm³/mol. The van der Waals surface area contributed by atoms with E-state index in [-0.39, 0.29) is 6.04 Å². The molecule has 2 aromatic rings. The Hall–Kier alpha value is -2.14. The molecule has 19 heavy (non-hydrogen) atoms. The summed E-state index contributed by atoms with van der Waals surface area (Å²) in [5, 5.41) is 3.37. The van der Waals surface area contributed by atoms with Crippen molar-refractivity contribution >= 4 is 11.6 Å². The van der Waals surface area contributed by atoms with Crippen molar-refractivity contribution in [3.05, 3.63) is 47.3 Å². The Morgan fingerprint density at radius 3 is 2.32 bits per heavy atom. The molecule has 2 rings (SSSR count). The zero-order chi connectivity index (χ0) is 13.8. The van der Waals surface area contributed by atoms with Gasteiger partial charge in [0, 0.05) is 11.6 Å². The molecule has 0 bridgehead atoms. The van der Waals surface area contributed by atoms with Crippen molar-refractivity contribution in [2.45, 2.75) is 26.8 Å². The summed E-state index contributed by atoms with van der Waals surface area (Å²) < 4.78 is 0. The van der Waals surface area contributed by atoms with Crippen LogP contribution in [0, 0.1) is 13.8 Å². The summed E-state index contributed by atoms with van der Waals surface area (Å²) in [7, 11) is 0. The molecule has 1 unspecified atom stereocenters. The molecule has 1 aromatic carbocycles. The molecule has 0 aliphatic heterocycles. The van der Waals surface area contributed by atoms with Crippen LogP contribution in [0.2, 0.25) is 0 Å². The van der Waals surface area contributed by atoms with Gasteiger partial charge in [-0.3, -0.25) is 0 Å². The molecule has 1 aromatic heterocycles. The number of benzene rings is 1. The predicted octanol–water partition coefficient (Wildman–Crippen LogP) is 2.55. The third kappa shape index (κ3) is 3.00. The second kappa shape index (κ2) is 5.67. The van der Waals surface area contributed by atoms with E-state index in [1.807, 2.05) is 6.92 Å². The Bertz CT molecular complexity index is 550. The van der Waals surface area contributed by atoms with Crippen LogP contribution in [0.3, 0.4) is 0 Å². The fourth-order valence-corrected chi connectivity index (χ4v) is 1.88. The second-order valence-corrected chi connectivity index (χ2v) is 4.62. The van der Waals surface area contributed by atoms with E-state index in [4.69, 9.17) is 5.84 Å². The smallest absolute Gasteiger partial charge is 0.148 e. The van der Waals surface area contributed by atoms with Gasteiger partial charge in [0.05, 0.1) is 0 Å².